The third-order valence-electron chi connectivity index (χ3n) is 1.95. The minimum atomic E-state index is 0.239. The first kappa shape index (κ1) is 11.2. The lowest BCUT2D eigenvalue weighted by Crippen LogP contribution is -2.04. The molecule has 2 heterocycles. The van der Waals surface area contributed by atoms with E-state index in [4.69, 9.17) is 22.1 Å². The summed E-state index contributed by atoms with van der Waals surface area (Å²) in [5, 5.41) is 2.30. The highest BCUT2D eigenvalue weighted by molar-refractivity contribution is 7.09. The third-order valence-corrected chi connectivity index (χ3v) is 3.24. The highest BCUT2D eigenvalue weighted by Crippen LogP contribution is 2.25. The van der Waals surface area contributed by atoms with Gasteiger partial charge in [-0.05, 0) is 11.4 Å². The van der Waals surface area contributed by atoms with E-state index in [1.807, 2.05) is 11.4 Å². The van der Waals surface area contributed by atoms with Crippen molar-refractivity contribution >= 4 is 28.8 Å². The molecule has 0 amide bonds. The van der Waals surface area contributed by atoms with Crippen molar-refractivity contribution < 1.29 is 4.74 Å². The van der Waals surface area contributed by atoms with Gasteiger partial charge in [-0.15, -0.1) is 11.3 Å². The summed E-state index contributed by atoms with van der Waals surface area (Å²) in [5.41, 5.74) is 5.53. The second kappa shape index (κ2) is 5.14. The zero-order valence-corrected chi connectivity index (χ0v) is 9.96. The Labute approximate surface area is 102 Å². The molecule has 0 fully saturated rings. The molecule has 0 atom stereocenters. The molecule has 6 heteroatoms. The van der Waals surface area contributed by atoms with Gasteiger partial charge in [-0.25, -0.2) is 9.97 Å². The summed E-state index contributed by atoms with van der Waals surface area (Å²) >= 11 is 7.58. The SMILES string of the molecule is Nc1ncnc(OCCc2cccs2)c1Cl. The lowest BCUT2D eigenvalue weighted by atomic mass is 10.4. The van der Waals surface area contributed by atoms with Gasteiger partial charge >= 0.3 is 0 Å². The molecular weight excluding hydrogens is 246 g/mol. The van der Waals surface area contributed by atoms with Gasteiger partial charge in [-0.2, -0.15) is 0 Å². The Balaban J connectivity index is 1.92. The third kappa shape index (κ3) is 2.62. The van der Waals surface area contributed by atoms with Gasteiger partial charge in [0.15, 0.2) is 0 Å². The molecule has 0 spiro atoms. The van der Waals surface area contributed by atoms with Crippen LogP contribution in [0.25, 0.3) is 0 Å². The molecule has 2 aromatic heterocycles. The molecule has 0 bridgehead atoms. The Morgan fingerprint density at radius 1 is 1.44 bits per heavy atom. The van der Waals surface area contributed by atoms with Crippen LogP contribution in [-0.2, 0) is 6.42 Å². The second-order valence-corrected chi connectivity index (χ2v) is 4.47. The molecule has 16 heavy (non-hydrogen) atoms. The van der Waals surface area contributed by atoms with E-state index < -0.39 is 0 Å². The standard InChI is InChI=1S/C10H10ClN3OS/c11-8-9(12)13-6-14-10(8)15-4-3-7-2-1-5-16-7/h1-2,5-6H,3-4H2,(H2,12,13,14). The molecule has 0 aliphatic heterocycles. The van der Waals surface area contributed by atoms with Crippen molar-refractivity contribution in [3.63, 3.8) is 0 Å². The van der Waals surface area contributed by atoms with Crippen LogP contribution in [0.15, 0.2) is 23.8 Å². The molecule has 0 saturated heterocycles. The fourth-order valence-corrected chi connectivity index (χ4v) is 2.01. The first-order valence-corrected chi connectivity index (χ1v) is 5.94. The number of rotatable bonds is 4. The maximum absolute atomic E-state index is 5.88. The molecule has 2 rings (SSSR count). The normalized spacial score (nSPS) is 10.3. The zero-order valence-electron chi connectivity index (χ0n) is 8.39. The predicted octanol–water partition coefficient (Wildman–Crippen LogP) is 2.40. The van der Waals surface area contributed by atoms with E-state index in [0.29, 0.717) is 12.5 Å². The molecule has 84 valence electrons. The van der Waals surface area contributed by atoms with Gasteiger partial charge in [0.05, 0.1) is 6.61 Å². The number of nitrogens with zero attached hydrogens (tertiary/aromatic N) is 2. The number of nitrogen functional groups attached to an aromatic ring is 1. The van der Waals surface area contributed by atoms with Gasteiger partial charge in [-0.1, -0.05) is 17.7 Å². The van der Waals surface area contributed by atoms with Crippen LogP contribution >= 0.6 is 22.9 Å². The largest absolute Gasteiger partial charge is 0.476 e. The number of hydrogen-bond acceptors (Lipinski definition) is 5. The number of anilines is 1. The summed E-state index contributed by atoms with van der Waals surface area (Å²) in [7, 11) is 0. The topological polar surface area (TPSA) is 61.0 Å². The van der Waals surface area contributed by atoms with Crippen LogP contribution in [0.4, 0.5) is 5.82 Å². The van der Waals surface area contributed by atoms with Crippen molar-refractivity contribution in [2.45, 2.75) is 6.42 Å². The summed E-state index contributed by atoms with van der Waals surface area (Å²) in [6.07, 6.45) is 2.17. The quantitative estimate of drug-likeness (QED) is 0.911. The summed E-state index contributed by atoms with van der Waals surface area (Å²) in [4.78, 5) is 8.93. The molecule has 0 aromatic carbocycles. The number of ether oxygens (including phenoxy) is 1. The summed E-state index contributed by atoms with van der Waals surface area (Å²) in [6.45, 7) is 0.524. The average Bonchev–Trinajstić information content (AvgIpc) is 2.77. The maximum Gasteiger partial charge on any atom is 0.237 e. The number of thiophene rings is 1. The van der Waals surface area contributed by atoms with Gasteiger partial charge in [0.2, 0.25) is 5.88 Å². The van der Waals surface area contributed by atoms with Crippen LogP contribution in [0, 0.1) is 0 Å². The lowest BCUT2D eigenvalue weighted by Gasteiger charge is -2.06. The molecule has 2 N–H and O–H groups in total. The van der Waals surface area contributed by atoms with Crippen LogP contribution < -0.4 is 10.5 Å². The maximum atomic E-state index is 5.88. The molecule has 4 nitrogen and oxygen atoms in total. The van der Waals surface area contributed by atoms with Gasteiger partial charge in [0.25, 0.3) is 0 Å². The number of hydrogen-bond donors (Lipinski definition) is 1. The fraction of sp³-hybridized carbons (Fsp3) is 0.200. The van der Waals surface area contributed by atoms with E-state index in [1.54, 1.807) is 11.3 Å². The Morgan fingerprint density at radius 3 is 3.06 bits per heavy atom. The Hall–Kier alpha value is -1.33. The first-order chi connectivity index (χ1) is 7.77. The summed E-state index contributed by atoms with van der Waals surface area (Å²) in [6, 6.07) is 4.07. The lowest BCUT2D eigenvalue weighted by molar-refractivity contribution is 0.310. The molecule has 0 unspecified atom stereocenters. The van der Waals surface area contributed by atoms with Crippen molar-refractivity contribution in [3.8, 4) is 5.88 Å². The van der Waals surface area contributed by atoms with E-state index in [9.17, 15) is 0 Å². The smallest absolute Gasteiger partial charge is 0.237 e. The van der Waals surface area contributed by atoms with Crippen LogP contribution in [0.3, 0.4) is 0 Å². The van der Waals surface area contributed by atoms with Crippen LogP contribution in [0.2, 0.25) is 5.02 Å². The van der Waals surface area contributed by atoms with Crippen molar-refractivity contribution in [2.24, 2.45) is 0 Å². The van der Waals surface area contributed by atoms with Gasteiger partial charge in [0, 0.05) is 11.3 Å². The highest BCUT2D eigenvalue weighted by atomic mass is 35.5. The molecule has 0 aliphatic carbocycles. The first-order valence-electron chi connectivity index (χ1n) is 4.68. The summed E-state index contributed by atoms with van der Waals surface area (Å²) < 4.78 is 5.43. The fourth-order valence-electron chi connectivity index (χ4n) is 1.17. The molecule has 0 radical (unpaired) electrons. The van der Waals surface area contributed by atoms with Crippen LogP contribution in [-0.4, -0.2) is 16.6 Å². The van der Waals surface area contributed by atoms with E-state index in [-0.39, 0.29) is 10.8 Å². The highest BCUT2D eigenvalue weighted by Gasteiger charge is 2.07. The number of halogens is 1. The number of nitrogens with two attached hydrogens (primary N) is 1. The molecular formula is C10H10ClN3OS. The van der Waals surface area contributed by atoms with Gasteiger partial charge in [-0.3, -0.25) is 0 Å². The number of aromatic nitrogens is 2. The van der Waals surface area contributed by atoms with Crippen molar-refractivity contribution in [1.82, 2.24) is 9.97 Å². The van der Waals surface area contributed by atoms with Crippen molar-refractivity contribution in [1.29, 1.82) is 0 Å². The van der Waals surface area contributed by atoms with E-state index in [0.717, 1.165) is 6.42 Å². The molecule has 0 aliphatic rings. The molecule has 0 saturated carbocycles. The minimum Gasteiger partial charge on any atom is -0.476 e. The molecule has 2 aromatic rings. The van der Waals surface area contributed by atoms with E-state index in [2.05, 4.69) is 16.0 Å². The van der Waals surface area contributed by atoms with E-state index in [1.165, 1.54) is 11.2 Å². The Kier molecular flexibility index (Phi) is 3.58. The van der Waals surface area contributed by atoms with Crippen LogP contribution in [0.5, 0.6) is 5.88 Å². The predicted molar refractivity (Wildman–Crippen MR) is 65.0 cm³/mol. The van der Waals surface area contributed by atoms with Gasteiger partial charge < -0.3 is 10.5 Å². The van der Waals surface area contributed by atoms with Crippen molar-refractivity contribution in [2.75, 3.05) is 12.3 Å². The second-order valence-electron chi connectivity index (χ2n) is 3.06. The minimum absolute atomic E-state index is 0.239. The Morgan fingerprint density at radius 2 is 2.31 bits per heavy atom. The zero-order chi connectivity index (χ0) is 11.4. The van der Waals surface area contributed by atoms with Crippen molar-refractivity contribution in [3.05, 3.63) is 33.7 Å². The van der Waals surface area contributed by atoms with Gasteiger partial charge in [0.1, 0.15) is 17.2 Å². The Bertz CT molecular complexity index is 461. The monoisotopic (exact) mass is 255 g/mol. The average molecular weight is 256 g/mol. The summed E-state index contributed by atoms with van der Waals surface area (Å²) in [5.74, 6) is 0.577. The van der Waals surface area contributed by atoms with E-state index >= 15 is 0 Å². The van der Waals surface area contributed by atoms with Crippen LogP contribution in [0.1, 0.15) is 4.88 Å².